The van der Waals surface area contributed by atoms with E-state index >= 15 is 0 Å². The molecule has 1 aromatic carbocycles. The Morgan fingerprint density at radius 2 is 1.45 bits per heavy atom. The molecule has 0 fully saturated rings. The number of halogens is 1. The van der Waals surface area contributed by atoms with Crippen molar-refractivity contribution in [2.24, 2.45) is 0 Å². The molecular formula is C14H25IN2O2S. The Balaban J connectivity index is 0.00000361. The van der Waals surface area contributed by atoms with Gasteiger partial charge in [-0.15, -0.1) is 0 Å². The first-order valence-electron chi connectivity index (χ1n) is 6.80. The summed E-state index contributed by atoms with van der Waals surface area (Å²) in [7, 11) is -3.41. The van der Waals surface area contributed by atoms with E-state index in [1.807, 2.05) is 19.1 Å². The molecule has 6 heteroatoms. The molecule has 20 heavy (non-hydrogen) atoms. The van der Waals surface area contributed by atoms with Crippen molar-refractivity contribution in [1.29, 1.82) is 0 Å². The van der Waals surface area contributed by atoms with E-state index in [1.165, 1.54) is 0 Å². The van der Waals surface area contributed by atoms with Gasteiger partial charge in [-0.1, -0.05) is 17.7 Å². The topological polar surface area (TPSA) is 46.2 Å². The van der Waals surface area contributed by atoms with Gasteiger partial charge in [0.1, 0.15) is 6.67 Å². The van der Waals surface area contributed by atoms with Crippen molar-refractivity contribution in [2.75, 3.05) is 26.3 Å². The van der Waals surface area contributed by atoms with Crippen LogP contribution in [0.15, 0.2) is 29.2 Å². The van der Waals surface area contributed by atoms with Gasteiger partial charge in [0.25, 0.3) is 0 Å². The maximum Gasteiger partial charge on any atom is 0.244 e. The van der Waals surface area contributed by atoms with Crippen LogP contribution in [-0.2, 0) is 10.0 Å². The number of rotatable bonds is 7. The van der Waals surface area contributed by atoms with Crippen LogP contribution < -0.4 is 28.7 Å². The Morgan fingerprint density at radius 1 is 1.00 bits per heavy atom. The predicted octanol–water partition coefficient (Wildman–Crippen LogP) is -0.889. The number of aryl methyl sites for hydroxylation is 1. The standard InChI is InChI=1S/C14H25N2O2S.HI/c1-5-16(6-2,7-3)12-15-19(17,18)14-10-8-13(4)9-11-14;/h8-11,15H,5-7,12H2,1-4H3;1H/q+1;/p-1. The molecule has 116 valence electrons. The first-order valence-corrected chi connectivity index (χ1v) is 8.29. The lowest BCUT2D eigenvalue weighted by molar-refractivity contribution is -0.924. The third kappa shape index (κ3) is 4.98. The van der Waals surface area contributed by atoms with Crippen LogP contribution in [0.4, 0.5) is 0 Å². The maximum absolute atomic E-state index is 12.2. The van der Waals surface area contributed by atoms with Gasteiger partial charge in [0, 0.05) is 0 Å². The number of benzene rings is 1. The summed E-state index contributed by atoms with van der Waals surface area (Å²) in [5.74, 6) is 0. The monoisotopic (exact) mass is 412 g/mol. The van der Waals surface area contributed by atoms with Gasteiger partial charge in [-0.3, -0.25) is 0 Å². The molecule has 0 saturated carbocycles. The third-order valence-corrected chi connectivity index (χ3v) is 5.34. The molecule has 4 nitrogen and oxygen atoms in total. The molecular weight excluding hydrogens is 387 g/mol. The summed E-state index contributed by atoms with van der Waals surface area (Å²) in [5, 5.41) is 0. The van der Waals surface area contributed by atoms with Crippen molar-refractivity contribution < 1.29 is 36.9 Å². The van der Waals surface area contributed by atoms with Crippen molar-refractivity contribution in [3.05, 3.63) is 29.8 Å². The van der Waals surface area contributed by atoms with E-state index < -0.39 is 10.0 Å². The second-order valence-corrected chi connectivity index (χ2v) is 6.68. The second-order valence-electron chi connectivity index (χ2n) is 4.91. The normalized spacial score (nSPS) is 12.0. The average Bonchev–Trinajstić information content (AvgIpc) is 2.41. The molecule has 1 rings (SSSR count). The Labute approximate surface area is 140 Å². The highest BCUT2D eigenvalue weighted by molar-refractivity contribution is 7.89. The van der Waals surface area contributed by atoms with Gasteiger partial charge in [-0.2, -0.15) is 4.72 Å². The van der Waals surface area contributed by atoms with E-state index in [-0.39, 0.29) is 24.0 Å². The molecule has 0 bridgehead atoms. The van der Waals surface area contributed by atoms with Crippen LogP contribution in [0, 0.1) is 6.92 Å². The first-order chi connectivity index (χ1) is 8.89. The van der Waals surface area contributed by atoms with E-state index in [2.05, 4.69) is 25.5 Å². The molecule has 0 spiro atoms. The highest BCUT2D eigenvalue weighted by Gasteiger charge is 2.24. The number of nitrogens with one attached hydrogen (secondary N) is 1. The minimum absolute atomic E-state index is 0. The van der Waals surface area contributed by atoms with Gasteiger partial charge < -0.3 is 28.5 Å². The van der Waals surface area contributed by atoms with Crippen molar-refractivity contribution in [3.63, 3.8) is 0 Å². The average molecular weight is 412 g/mol. The summed E-state index contributed by atoms with van der Waals surface area (Å²) >= 11 is 0. The van der Waals surface area contributed by atoms with E-state index in [0.717, 1.165) is 29.7 Å². The van der Waals surface area contributed by atoms with Crippen LogP contribution in [0.2, 0.25) is 0 Å². The Morgan fingerprint density at radius 3 is 1.85 bits per heavy atom. The summed E-state index contributed by atoms with van der Waals surface area (Å²) in [4.78, 5) is 0.333. The minimum Gasteiger partial charge on any atom is -1.00 e. The second kappa shape index (κ2) is 8.31. The van der Waals surface area contributed by atoms with Crippen LogP contribution in [0.3, 0.4) is 0 Å². The number of hydrogen-bond acceptors (Lipinski definition) is 2. The zero-order chi connectivity index (χ0) is 14.5. The highest BCUT2D eigenvalue weighted by atomic mass is 127. The van der Waals surface area contributed by atoms with Gasteiger partial charge in [-0.05, 0) is 39.8 Å². The quantitative estimate of drug-likeness (QED) is 0.359. The third-order valence-electron chi connectivity index (χ3n) is 3.93. The van der Waals surface area contributed by atoms with E-state index in [1.54, 1.807) is 12.1 Å². The van der Waals surface area contributed by atoms with Gasteiger partial charge in [0.05, 0.1) is 24.5 Å². The van der Waals surface area contributed by atoms with Crippen molar-refractivity contribution in [2.45, 2.75) is 32.6 Å². The molecule has 0 aliphatic heterocycles. The SMILES string of the molecule is CC[N+](CC)(CC)CNS(=O)(=O)c1ccc(C)cc1.[I-]. The first kappa shape index (κ1) is 19.8. The van der Waals surface area contributed by atoms with E-state index in [0.29, 0.717) is 11.6 Å². The summed E-state index contributed by atoms with van der Waals surface area (Å²) in [6, 6.07) is 6.93. The molecule has 0 heterocycles. The Kier molecular flexibility index (Phi) is 8.23. The predicted molar refractivity (Wildman–Crippen MR) is 78.3 cm³/mol. The molecule has 0 atom stereocenters. The van der Waals surface area contributed by atoms with Crippen LogP contribution >= 0.6 is 0 Å². The summed E-state index contributed by atoms with van der Waals surface area (Å²) in [5.41, 5.74) is 1.06. The van der Waals surface area contributed by atoms with E-state index in [9.17, 15) is 8.42 Å². The van der Waals surface area contributed by atoms with Gasteiger partial charge >= 0.3 is 0 Å². The summed E-state index contributed by atoms with van der Waals surface area (Å²) < 4.78 is 27.9. The zero-order valence-electron chi connectivity index (χ0n) is 12.7. The molecule has 0 aliphatic rings. The lowest BCUT2D eigenvalue weighted by Crippen LogP contribution is -3.00. The number of hydrogen-bond donors (Lipinski definition) is 1. The van der Waals surface area contributed by atoms with Crippen LogP contribution in [0.5, 0.6) is 0 Å². The lowest BCUT2D eigenvalue weighted by atomic mass is 10.2. The molecule has 0 unspecified atom stereocenters. The van der Waals surface area contributed by atoms with Gasteiger partial charge in [0.2, 0.25) is 10.0 Å². The fourth-order valence-electron chi connectivity index (χ4n) is 2.03. The molecule has 0 aromatic heterocycles. The van der Waals surface area contributed by atoms with Crippen LogP contribution in [0.1, 0.15) is 26.3 Å². The largest absolute Gasteiger partial charge is 1.00 e. The molecule has 0 aliphatic carbocycles. The minimum atomic E-state index is -3.41. The molecule has 1 aromatic rings. The van der Waals surface area contributed by atoms with Crippen molar-refractivity contribution in [1.82, 2.24) is 4.72 Å². The molecule has 0 radical (unpaired) electrons. The highest BCUT2D eigenvalue weighted by Crippen LogP contribution is 2.11. The van der Waals surface area contributed by atoms with Crippen molar-refractivity contribution in [3.8, 4) is 0 Å². The maximum atomic E-state index is 12.2. The van der Waals surface area contributed by atoms with Gasteiger partial charge in [-0.25, -0.2) is 8.42 Å². The smallest absolute Gasteiger partial charge is 0.244 e. The molecule has 0 amide bonds. The van der Waals surface area contributed by atoms with Crippen molar-refractivity contribution >= 4 is 10.0 Å². The fraction of sp³-hybridized carbons (Fsp3) is 0.571. The number of quaternary nitrogens is 1. The molecule has 0 saturated heterocycles. The zero-order valence-corrected chi connectivity index (χ0v) is 15.7. The number of nitrogens with zero attached hydrogens (tertiary/aromatic N) is 1. The van der Waals surface area contributed by atoms with E-state index in [4.69, 9.17) is 0 Å². The summed E-state index contributed by atoms with van der Waals surface area (Å²) in [6.07, 6.45) is 0. The number of sulfonamides is 1. The van der Waals surface area contributed by atoms with Crippen LogP contribution in [0.25, 0.3) is 0 Å². The van der Waals surface area contributed by atoms with Gasteiger partial charge in [0.15, 0.2) is 0 Å². The molecule has 1 N–H and O–H groups in total. The lowest BCUT2D eigenvalue weighted by Gasteiger charge is -2.35. The summed E-state index contributed by atoms with van der Waals surface area (Å²) in [6.45, 7) is 11.4. The van der Waals surface area contributed by atoms with Crippen LogP contribution in [-0.4, -0.2) is 39.2 Å². The fourth-order valence-corrected chi connectivity index (χ4v) is 3.13. The Bertz CT molecular complexity index is 488. The Hall–Kier alpha value is -0.180.